The van der Waals surface area contributed by atoms with Gasteiger partial charge in [0.15, 0.2) is 0 Å². The Hall–Kier alpha value is -2.73. The predicted octanol–water partition coefficient (Wildman–Crippen LogP) is 4.13. The summed E-state index contributed by atoms with van der Waals surface area (Å²) in [6.07, 6.45) is 0.127. The van der Waals surface area contributed by atoms with Crippen LogP contribution in [0.15, 0.2) is 42.5 Å². The molecule has 6 nitrogen and oxygen atoms in total. The van der Waals surface area contributed by atoms with E-state index in [1.807, 2.05) is 6.92 Å². The average Bonchev–Trinajstić information content (AvgIpc) is 2.63. The van der Waals surface area contributed by atoms with E-state index in [1.54, 1.807) is 47.4 Å². The summed E-state index contributed by atoms with van der Waals surface area (Å²) in [7, 11) is 1.52. The zero-order valence-corrected chi connectivity index (χ0v) is 16.4. The topological polar surface area (TPSA) is 67.9 Å². The van der Waals surface area contributed by atoms with Crippen LogP contribution in [0.4, 0.5) is 11.4 Å². The van der Waals surface area contributed by atoms with Crippen LogP contribution in [0.5, 0.6) is 11.5 Å². The van der Waals surface area contributed by atoms with E-state index in [0.717, 1.165) is 5.75 Å². The van der Waals surface area contributed by atoms with E-state index in [1.165, 1.54) is 14.0 Å². The summed E-state index contributed by atoms with van der Waals surface area (Å²) in [5.41, 5.74) is 1.20. The Morgan fingerprint density at radius 1 is 1.15 bits per heavy atom. The summed E-state index contributed by atoms with van der Waals surface area (Å²) in [5.74, 6) is 0.860. The van der Waals surface area contributed by atoms with E-state index < -0.39 is 0 Å². The van der Waals surface area contributed by atoms with Crippen molar-refractivity contribution in [2.45, 2.75) is 20.3 Å². The van der Waals surface area contributed by atoms with Gasteiger partial charge in [0, 0.05) is 30.6 Å². The van der Waals surface area contributed by atoms with Crippen molar-refractivity contribution in [2.24, 2.45) is 0 Å². The van der Waals surface area contributed by atoms with Crippen LogP contribution in [-0.2, 0) is 9.59 Å². The number of carbonyl (C=O) groups excluding carboxylic acids is 2. The third kappa shape index (κ3) is 5.89. The predicted molar refractivity (Wildman–Crippen MR) is 107 cm³/mol. The minimum atomic E-state index is -0.243. The lowest BCUT2D eigenvalue weighted by Crippen LogP contribution is -2.31. The van der Waals surface area contributed by atoms with E-state index in [0.29, 0.717) is 28.8 Å². The molecule has 0 fully saturated rings. The van der Waals surface area contributed by atoms with Gasteiger partial charge >= 0.3 is 0 Å². The van der Waals surface area contributed by atoms with Gasteiger partial charge in [-0.2, -0.15) is 0 Å². The lowest BCUT2D eigenvalue weighted by molar-refractivity contribution is -0.117. The molecule has 0 aromatic heterocycles. The van der Waals surface area contributed by atoms with E-state index in [9.17, 15) is 9.59 Å². The standard InChI is InChI=1S/C20H23ClN2O4/c1-4-27-17-8-6-16(7-9-17)23(14(2)24)12-11-20(25)22-18-13-15(21)5-10-19(18)26-3/h5-10,13H,4,11-12H2,1-3H3,(H,22,25). The first-order chi connectivity index (χ1) is 12.9. The van der Waals surface area contributed by atoms with Gasteiger partial charge in [0.25, 0.3) is 0 Å². The zero-order chi connectivity index (χ0) is 19.8. The molecule has 0 unspecified atom stereocenters. The Kier molecular flexibility index (Phi) is 7.49. The number of amides is 2. The fraction of sp³-hybridized carbons (Fsp3) is 0.300. The van der Waals surface area contributed by atoms with Crippen molar-refractivity contribution in [3.8, 4) is 11.5 Å². The highest BCUT2D eigenvalue weighted by Crippen LogP contribution is 2.28. The Balaban J connectivity index is 2.02. The van der Waals surface area contributed by atoms with Gasteiger partial charge in [0.2, 0.25) is 11.8 Å². The zero-order valence-electron chi connectivity index (χ0n) is 15.6. The van der Waals surface area contributed by atoms with Crippen molar-refractivity contribution in [1.29, 1.82) is 0 Å². The molecule has 7 heteroatoms. The molecule has 2 aromatic rings. The lowest BCUT2D eigenvalue weighted by atomic mass is 10.2. The minimum Gasteiger partial charge on any atom is -0.495 e. The second-order valence-corrected chi connectivity index (χ2v) is 6.18. The number of rotatable bonds is 8. The number of hydrogen-bond donors (Lipinski definition) is 1. The molecule has 0 saturated heterocycles. The number of carbonyl (C=O) groups is 2. The lowest BCUT2D eigenvalue weighted by Gasteiger charge is -2.21. The van der Waals surface area contributed by atoms with Gasteiger partial charge < -0.3 is 19.7 Å². The molecule has 0 heterocycles. The minimum absolute atomic E-state index is 0.127. The molecule has 0 aliphatic carbocycles. The molecule has 144 valence electrons. The Morgan fingerprint density at radius 3 is 2.44 bits per heavy atom. The normalized spacial score (nSPS) is 10.2. The Bertz CT molecular complexity index is 793. The highest BCUT2D eigenvalue weighted by Gasteiger charge is 2.15. The van der Waals surface area contributed by atoms with Crippen molar-refractivity contribution >= 4 is 34.8 Å². The summed E-state index contributed by atoms with van der Waals surface area (Å²) < 4.78 is 10.6. The average molecular weight is 391 g/mol. The van der Waals surface area contributed by atoms with Gasteiger partial charge in [-0.3, -0.25) is 9.59 Å². The molecule has 0 spiro atoms. The number of nitrogens with zero attached hydrogens (tertiary/aromatic N) is 1. The molecule has 0 atom stereocenters. The summed E-state index contributed by atoms with van der Waals surface area (Å²) in [5, 5.41) is 3.26. The summed E-state index contributed by atoms with van der Waals surface area (Å²) in [4.78, 5) is 25.9. The Morgan fingerprint density at radius 2 is 1.85 bits per heavy atom. The van der Waals surface area contributed by atoms with Crippen LogP contribution in [0.25, 0.3) is 0 Å². The summed E-state index contributed by atoms with van der Waals surface area (Å²) in [6.45, 7) is 4.19. The fourth-order valence-corrected chi connectivity index (χ4v) is 2.73. The molecular weight excluding hydrogens is 368 g/mol. The molecule has 2 rings (SSSR count). The molecule has 0 aliphatic rings. The Labute approximate surface area is 164 Å². The number of ether oxygens (including phenoxy) is 2. The van der Waals surface area contributed by atoms with Crippen molar-refractivity contribution in [3.63, 3.8) is 0 Å². The van der Waals surface area contributed by atoms with E-state index >= 15 is 0 Å². The maximum atomic E-state index is 12.3. The summed E-state index contributed by atoms with van der Waals surface area (Å²) >= 11 is 5.97. The molecule has 2 aromatic carbocycles. The van der Waals surface area contributed by atoms with E-state index in [2.05, 4.69) is 5.32 Å². The van der Waals surface area contributed by atoms with Crippen LogP contribution in [0.2, 0.25) is 5.02 Å². The number of nitrogens with one attached hydrogen (secondary N) is 1. The van der Waals surface area contributed by atoms with Crippen molar-refractivity contribution in [1.82, 2.24) is 0 Å². The second-order valence-electron chi connectivity index (χ2n) is 5.74. The SMILES string of the molecule is CCOc1ccc(N(CCC(=O)Nc2cc(Cl)ccc2OC)C(C)=O)cc1. The number of benzene rings is 2. The van der Waals surface area contributed by atoms with Crippen LogP contribution in [-0.4, -0.2) is 32.1 Å². The van der Waals surface area contributed by atoms with Crippen LogP contribution in [0.1, 0.15) is 20.3 Å². The molecule has 0 saturated carbocycles. The molecule has 2 amide bonds. The van der Waals surface area contributed by atoms with Crippen molar-refractivity contribution in [2.75, 3.05) is 30.5 Å². The van der Waals surface area contributed by atoms with Crippen molar-refractivity contribution in [3.05, 3.63) is 47.5 Å². The van der Waals surface area contributed by atoms with Crippen LogP contribution in [0.3, 0.4) is 0 Å². The van der Waals surface area contributed by atoms with E-state index in [-0.39, 0.29) is 24.8 Å². The number of anilines is 2. The van der Waals surface area contributed by atoms with Crippen LogP contribution < -0.4 is 19.7 Å². The quantitative estimate of drug-likeness (QED) is 0.735. The van der Waals surface area contributed by atoms with Gasteiger partial charge in [-0.05, 0) is 49.4 Å². The van der Waals surface area contributed by atoms with Crippen LogP contribution in [0, 0.1) is 0 Å². The first-order valence-corrected chi connectivity index (χ1v) is 8.96. The van der Waals surface area contributed by atoms with Gasteiger partial charge in [-0.1, -0.05) is 11.6 Å². The molecular formula is C20H23ClN2O4. The number of hydrogen-bond acceptors (Lipinski definition) is 4. The third-order valence-corrected chi connectivity index (χ3v) is 4.07. The maximum absolute atomic E-state index is 12.3. The first-order valence-electron chi connectivity index (χ1n) is 8.59. The van der Waals surface area contributed by atoms with Crippen LogP contribution >= 0.6 is 11.6 Å². The van der Waals surface area contributed by atoms with Crippen molar-refractivity contribution < 1.29 is 19.1 Å². The maximum Gasteiger partial charge on any atom is 0.226 e. The third-order valence-electron chi connectivity index (χ3n) is 3.84. The smallest absolute Gasteiger partial charge is 0.226 e. The van der Waals surface area contributed by atoms with Gasteiger partial charge in [-0.15, -0.1) is 0 Å². The largest absolute Gasteiger partial charge is 0.495 e. The van der Waals surface area contributed by atoms with E-state index in [4.69, 9.17) is 21.1 Å². The fourth-order valence-electron chi connectivity index (χ4n) is 2.56. The summed E-state index contributed by atoms with van der Waals surface area (Å²) in [6, 6.07) is 12.2. The first kappa shape index (κ1) is 20.6. The molecule has 0 radical (unpaired) electrons. The number of halogens is 1. The monoisotopic (exact) mass is 390 g/mol. The molecule has 0 aliphatic heterocycles. The van der Waals surface area contributed by atoms with Gasteiger partial charge in [0.1, 0.15) is 11.5 Å². The second kappa shape index (κ2) is 9.83. The van der Waals surface area contributed by atoms with Gasteiger partial charge in [-0.25, -0.2) is 0 Å². The highest BCUT2D eigenvalue weighted by molar-refractivity contribution is 6.31. The molecule has 0 bridgehead atoms. The van der Waals surface area contributed by atoms with Gasteiger partial charge in [0.05, 0.1) is 19.4 Å². The number of methoxy groups -OCH3 is 1. The molecule has 27 heavy (non-hydrogen) atoms. The highest BCUT2D eigenvalue weighted by atomic mass is 35.5. The molecule has 1 N–H and O–H groups in total.